The van der Waals surface area contributed by atoms with Gasteiger partial charge in [-0.2, -0.15) is 0 Å². The molecule has 0 spiro atoms. The fraction of sp³-hybridized carbons (Fsp3) is 0.750. The lowest BCUT2D eigenvalue weighted by Crippen LogP contribution is -2.43. The van der Waals surface area contributed by atoms with Crippen LogP contribution in [0.2, 0.25) is 0 Å². The molecule has 2 unspecified atom stereocenters. The average molecular weight is 273 g/mol. The summed E-state index contributed by atoms with van der Waals surface area (Å²) in [5, 5.41) is -0.854. The van der Waals surface area contributed by atoms with E-state index in [1.807, 2.05) is 22.6 Å². The van der Waals surface area contributed by atoms with Crippen molar-refractivity contribution in [3.8, 4) is 0 Å². The number of carbonyl (C=O) groups excluding carboxylic acids is 1. The number of hydrogen-bond acceptors (Lipinski definition) is 4. The second kappa shape index (κ2) is 2.35. The van der Waals surface area contributed by atoms with Crippen molar-refractivity contribution >= 4 is 37.0 Å². The minimum atomic E-state index is -0.854. The van der Waals surface area contributed by atoms with E-state index in [2.05, 4.69) is 0 Å². The molecule has 0 aromatic carbocycles. The number of ketones is 1. The lowest BCUT2D eigenvalue weighted by Gasteiger charge is -2.18. The minimum Gasteiger partial charge on any atom is -0.310 e. The average Bonchev–Trinajstić information content (AvgIpc) is 1.73. The molecule has 1 aliphatic heterocycles. The maximum Gasteiger partial charge on any atom is 0.170 e. The van der Waals surface area contributed by atoms with Crippen molar-refractivity contribution in [3.05, 3.63) is 0 Å². The highest BCUT2D eigenvalue weighted by molar-refractivity contribution is 14.1. The van der Waals surface area contributed by atoms with Gasteiger partial charge in [0.15, 0.2) is 5.78 Å². The lowest BCUT2D eigenvalue weighted by atomic mass is 10.2. The van der Waals surface area contributed by atoms with Crippen molar-refractivity contribution in [1.29, 1.82) is 0 Å². The number of rotatable bonds is 0. The van der Waals surface area contributed by atoms with E-state index in [9.17, 15) is 4.79 Å². The van der Waals surface area contributed by atoms with E-state index < -0.39 is 8.69 Å². The van der Waals surface area contributed by atoms with Crippen LogP contribution in [0.5, 0.6) is 0 Å². The van der Waals surface area contributed by atoms with E-state index in [-0.39, 0.29) is 20.8 Å². The fourth-order valence-electron chi connectivity index (χ4n) is 0.847. The van der Waals surface area contributed by atoms with Gasteiger partial charge in [0.1, 0.15) is 3.29 Å². The lowest BCUT2D eigenvalue weighted by molar-refractivity contribution is -0.118. The van der Waals surface area contributed by atoms with Gasteiger partial charge in [-0.15, -0.1) is 0 Å². The van der Waals surface area contributed by atoms with Crippen molar-refractivity contribution in [2.24, 2.45) is 17.2 Å². The molecule has 0 radical (unpaired) electrons. The van der Waals surface area contributed by atoms with E-state index in [0.29, 0.717) is 0 Å². The maximum absolute atomic E-state index is 11.0. The Morgan fingerprint density at radius 3 is 2.10 bits per heavy atom. The summed E-state index contributed by atoms with van der Waals surface area (Å²) < 4.78 is -0.804. The van der Waals surface area contributed by atoms with Crippen LogP contribution in [0, 0.1) is 0 Å². The zero-order chi connectivity index (χ0) is 7.99. The van der Waals surface area contributed by atoms with E-state index in [1.165, 1.54) is 0 Å². The molecule has 1 heterocycles. The molecule has 0 aromatic rings. The van der Waals surface area contributed by atoms with Crippen LogP contribution < -0.4 is 17.2 Å². The van der Waals surface area contributed by atoms with Crippen LogP contribution in [-0.4, -0.2) is 14.5 Å². The highest BCUT2D eigenvalue weighted by atomic mass is 127. The molecule has 58 valence electrons. The standard InChI is InChI=1S/C4H9IN3OP/c5-4(8)2(9)1-3(6,7)10-4/h10H,1,6-8H2. The monoisotopic (exact) mass is 273 g/mol. The number of nitrogens with two attached hydrogens (primary N) is 3. The van der Waals surface area contributed by atoms with Crippen LogP contribution in [0.3, 0.4) is 0 Å². The minimum absolute atomic E-state index is 0.0450. The zero-order valence-corrected chi connectivity index (χ0v) is 8.38. The molecule has 0 amide bonds. The smallest absolute Gasteiger partial charge is 0.170 e. The number of halogens is 1. The molecule has 1 saturated heterocycles. The van der Waals surface area contributed by atoms with Crippen molar-refractivity contribution < 1.29 is 4.79 Å². The first-order chi connectivity index (χ1) is 4.33. The molecule has 0 saturated carbocycles. The Bertz CT molecular complexity index is 181. The van der Waals surface area contributed by atoms with E-state index in [0.717, 1.165) is 0 Å². The molecule has 2 atom stereocenters. The third-order valence-electron chi connectivity index (χ3n) is 1.27. The highest BCUT2D eigenvalue weighted by Crippen LogP contribution is 2.48. The van der Waals surface area contributed by atoms with Gasteiger partial charge in [0, 0.05) is 6.42 Å². The Morgan fingerprint density at radius 1 is 1.50 bits per heavy atom. The van der Waals surface area contributed by atoms with Gasteiger partial charge in [-0.25, -0.2) is 0 Å². The normalized spacial score (nSPS) is 41.0. The van der Waals surface area contributed by atoms with Gasteiger partial charge in [-0.05, 0) is 31.2 Å². The third kappa shape index (κ3) is 1.65. The zero-order valence-electron chi connectivity index (χ0n) is 5.23. The maximum atomic E-state index is 11.0. The Kier molecular flexibility index (Phi) is 2.07. The predicted octanol–water partition coefficient (Wildman–Crippen LogP) is -0.744. The SMILES string of the molecule is NC1(N)CC(=O)C(N)(I)P1. The molecule has 1 aliphatic rings. The molecule has 0 aliphatic carbocycles. The molecule has 0 bridgehead atoms. The summed E-state index contributed by atoms with van der Waals surface area (Å²) >= 11 is 1.90. The number of alkyl halides is 1. The van der Waals surface area contributed by atoms with Gasteiger partial charge in [-0.3, -0.25) is 4.79 Å². The molecule has 4 nitrogen and oxygen atoms in total. The van der Waals surface area contributed by atoms with E-state index >= 15 is 0 Å². The van der Waals surface area contributed by atoms with Crippen LogP contribution in [0.15, 0.2) is 0 Å². The molecule has 10 heavy (non-hydrogen) atoms. The number of hydrogen-bond donors (Lipinski definition) is 3. The van der Waals surface area contributed by atoms with Gasteiger partial charge in [-0.1, -0.05) is 0 Å². The largest absolute Gasteiger partial charge is 0.310 e. The first-order valence-corrected chi connectivity index (χ1v) is 4.79. The Balaban J connectivity index is 2.81. The third-order valence-corrected chi connectivity index (χ3v) is 3.97. The number of carbonyl (C=O) groups is 1. The molecule has 1 fully saturated rings. The van der Waals surface area contributed by atoms with Crippen LogP contribution in [0.4, 0.5) is 0 Å². The summed E-state index contributed by atoms with van der Waals surface area (Å²) in [4.78, 5) is 11.0. The van der Waals surface area contributed by atoms with Crippen molar-refractivity contribution in [3.63, 3.8) is 0 Å². The van der Waals surface area contributed by atoms with Gasteiger partial charge in [0.2, 0.25) is 0 Å². The Morgan fingerprint density at radius 2 is 2.00 bits per heavy atom. The van der Waals surface area contributed by atoms with Crippen LogP contribution in [0.1, 0.15) is 6.42 Å². The van der Waals surface area contributed by atoms with Crippen LogP contribution in [-0.2, 0) is 4.79 Å². The van der Waals surface area contributed by atoms with Crippen molar-refractivity contribution in [1.82, 2.24) is 0 Å². The summed E-state index contributed by atoms with van der Waals surface area (Å²) in [5.41, 5.74) is 16.6. The summed E-state index contributed by atoms with van der Waals surface area (Å²) in [6.45, 7) is 0. The van der Waals surface area contributed by atoms with E-state index in [1.54, 1.807) is 0 Å². The highest BCUT2D eigenvalue weighted by Gasteiger charge is 2.46. The molecule has 6 heteroatoms. The van der Waals surface area contributed by atoms with Crippen LogP contribution >= 0.6 is 31.2 Å². The van der Waals surface area contributed by atoms with Gasteiger partial charge < -0.3 is 17.2 Å². The first kappa shape index (κ1) is 8.80. The predicted molar refractivity (Wildman–Crippen MR) is 50.0 cm³/mol. The molecule has 0 aromatic heterocycles. The Labute approximate surface area is 74.2 Å². The summed E-state index contributed by atoms with van der Waals surface area (Å²) in [5.74, 6) is -0.0450. The first-order valence-electron chi connectivity index (χ1n) is 2.72. The molecule has 1 rings (SSSR count). The summed E-state index contributed by atoms with van der Waals surface area (Å²) in [6, 6.07) is 0. The van der Waals surface area contributed by atoms with Gasteiger partial charge in [0.05, 0.1) is 5.40 Å². The van der Waals surface area contributed by atoms with Crippen LogP contribution in [0.25, 0.3) is 0 Å². The molecular formula is C4H9IN3OP. The Hall–Kier alpha value is 0.710. The fourth-order valence-corrected chi connectivity index (χ4v) is 3.70. The molecular weight excluding hydrogens is 264 g/mol. The van der Waals surface area contributed by atoms with Gasteiger partial charge >= 0.3 is 0 Å². The summed E-state index contributed by atoms with van der Waals surface area (Å²) in [6.07, 6.45) is 0.199. The van der Waals surface area contributed by atoms with Gasteiger partial charge in [0.25, 0.3) is 0 Å². The quantitative estimate of drug-likeness (QED) is 0.178. The topological polar surface area (TPSA) is 95.1 Å². The second-order valence-corrected chi connectivity index (χ2v) is 7.17. The number of Topliss-reactive ketones (excluding diaryl/α,β-unsaturated/α-hetero) is 1. The second-order valence-electron chi connectivity index (χ2n) is 2.48. The molecule has 6 N–H and O–H groups in total. The summed E-state index contributed by atoms with van der Waals surface area (Å²) in [7, 11) is 0.113. The van der Waals surface area contributed by atoms with Crippen molar-refractivity contribution in [2.45, 2.75) is 15.1 Å². The van der Waals surface area contributed by atoms with E-state index in [4.69, 9.17) is 17.2 Å². The van der Waals surface area contributed by atoms with Crippen molar-refractivity contribution in [2.75, 3.05) is 0 Å².